The molecule has 0 aliphatic carbocycles. The number of hydrogen-bond acceptors (Lipinski definition) is 4. The summed E-state index contributed by atoms with van der Waals surface area (Å²) in [5.41, 5.74) is 7.68. The fraction of sp³-hybridized carbons (Fsp3) is 0.167. The van der Waals surface area contributed by atoms with Crippen LogP contribution in [0.4, 0.5) is 5.69 Å². The number of hydrogen-bond donors (Lipinski definition) is 2. The first-order valence-corrected chi connectivity index (χ1v) is 8.75. The number of halogens is 2. The maximum absolute atomic E-state index is 12.3. The van der Waals surface area contributed by atoms with E-state index in [1.807, 2.05) is 17.7 Å². The number of benzene rings is 1. The average molecular weight is 351 g/mol. The van der Waals surface area contributed by atoms with E-state index in [0.717, 1.165) is 11.1 Å². The molecule has 0 saturated heterocycles. The summed E-state index contributed by atoms with van der Waals surface area (Å²) < 4.78 is 27.0. The van der Waals surface area contributed by atoms with Gasteiger partial charge in [-0.15, -0.1) is 0 Å². The molecular formula is C12H12Cl2N2O2S2. The number of sulfonamides is 1. The van der Waals surface area contributed by atoms with Crippen molar-refractivity contribution >= 4 is 50.2 Å². The van der Waals surface area contributed by atoms with Crippen LogP contribution in [0.5, 0.6) is 0 Å². The lowest BCUT2D eigenvalue weighted by atomic mass is 10.2. The van der Waals surface area contributed by atoms with E-state index in [-0.39, 0.29) is 22.2 Å². The van der Waals surface area contributed by atoms with E-state index in [2.05, 4.69) is 4.72 Å². The van der Waals surface area contributed by atoms with Gasteiger partial charge in [0.2, 0.25) is 10.0 Å². The van der Waals surface area contributed by atoms with Gasteiger partial charge in [0.05, 0.1) is 10.7 Å². The Hall–Kier alpha value is -0.790. The molecule has 2 rings (SSSR count). The van der Waals surface area contributed by atoms with E-state index in [4.69, 9.17) is 28.9 Å². The Balaban J connectivity index is 2.30. The summed E-state index contributed by atoms with van der Waals surface area (Å²) in [5, 5.41) is 4.14. The van der Waals surface area contributed by atoms with Crippen LogP contribution in [0, 0.1) is 6.92 Å². The number of thiophene rings is 1. The molecule has 0 atom stereocenters. The molecule has 0 aliphatic heterocycles. The van der Waals surface area contributed by atoms with Crippen LogP contribution in [0.25, 0.3) is 0 Å². The lowest BCUT2D eigenvalue weighted by Gasteiger charge is -2.11. The second kappa shape index (κ2) is 5.91. The van der Waals surface area contributed by atoms with Gasteiger partial charge in [0.15, 0.2) is 0 Å². The van der Waals surface area contributed by atoms with Crippen molar-refractivity contribution in [1.82, 2.24) is 4.72 Å². The first-order chi connectivity index (χ1) is 9.31. The van der Waals surface area contributed by atoms with Crippen molar-refractivity contribution in [3.8, 4) is 0 Å². The summed E-state index contributed by atoms with van der Waals surface area (Å²) in [5.74, 6) is 0. The molecule has 0 saturated carbocycles. The number of nitrogens with two attached hydrogens (primary N) is 1. The van der Waals surface area contributed by atoms with Crippen LogP contribution in [-0.4, -0.2) is 8.42 Å². The van der Waals surface area contributed by atoms with E-state index < -0.39 is 10.0 Å². The van der Waals surface area contributed by atoms with Crippen LogP contribution in [0.1, 0.15) is 11.1 Å². The summed E-state index contributed by atoms with van der Waals surface area (Å²) in [6.45, 7) is 2.11. The number of nitrogens with one attached hydrogen (secondary N) is 1. The van der Waals surface area contributed by atoms with Gasteiger partial charge in [0, 0.05) is 11.6 Å². The molecule has 3 N–H and O–H groups in total. The summed E-state index contributed by atoms with van der Waals surface area (Å²) in [4.78, 5) is -0.142. The smallest absolute Gasteiger partial charge is 0.244 e. The summed E-state index contributed by atoms with van der Waals surface area (Å²) >= 11 is 13.2. The average Bonchev–Trinajstić information content (AvgIpc) is 2.70. The number of anilines is 1. The molecule has 0 radical (unpaired) electrons. The van der Waals surface area contributed by atoms with Crippen molar-refractivity contribution in [1.29, 1.82) is 0 Å². The minimum absolute atomic E-state index is 0.00420. The maximum Gasteiger partial charge on any atom is 0.244 e. The second-order valence-corrected chi connectivity index (χ2v) is 7.50. The quantitative estimate of drug-likeness (QED) is 0.829. The Morgan fingerprint density at radius 3 is 2.55 bits per heavy atom. The third-order valence-electron chi connectivity index (χ3n) is 2.72. The van der Waals surface area contributed by atoms with Gasteiger partial charge < -0.3 is 5.73 Å². The largest absolute Gasteiger partial charge is 0.398 e. The molecule has 108 valence electrons. The number of rotatable bonds is 4. The van der Waals surface area contributed by atoms with Crippen LogP contribution in [0.15, 0.2) is 27.8 Å². The number of nitrogen functional groups attached to an aromatic ring is 1. The maximum atomic E-state index is 12.3. The Bertz CT molecular complexity index is 719. The van der Waals surface area contributed by atoms with Crippen molar-refractivity contribution < 1.29 is 8.42 Å². The molecule has 1 aromatic carbocycles. The minimum Gasteiger partial charge on any atom is -0.398 e. The van der Waals surface area contributed by atoms with Gasteiger partial charge >= 0.3 is 0 Å². The third-order valence-corrected chi connectivity index (χ3v) is 5.78. The molecule has 0 fully saturated rings. The zero-order chi connectivity index (χ0) is 14.9. The molecule has 0 spiro atoms. The molecule has 20 heavy (non-hydrogen) atoms. The fourth-order valence-corrected chi connectivity index (χ4v) is 4.52. The van der Waals surface area contributed by atoms with Crippen LogP contribution < -0.4 is 10.5 Å². The predicted molar refractivity (Wildman–Crippen MR) is 84.0 cm³/mol. The SMILES string of the molecule is Cc1cscc1CNS(=O)(=O)c1c(N)cc(Cl)cc1Cl. The van der Waals surface area contributed by atoms with Crippen LogP contribution in [-0.2, 0) is 16.6 Å². The predicted octanol–water partition coefficient (Wildman–Crippen LogP) is 3.42. The monoisotopic (exact) mass is 350 g/mol. The van der Waals surface area contributed by atoms with Gasteiger partial charge in [-0.3, -0.25) is 0 Å². The van der Waals surface area contributed by atoms with Gasteiger partial charge in [-0.1, -0.05) is 23.2 Å². The summed E-state index contributed by atoms with van der Waals surface area (Å²) in [6, 6.07) is 2.71. The highest BCUT2D eigenvalue weighted by Gasteiger charge is 2.22. The molecule has 0 bridgehead atoms. The van der Waals surface area contributed by atoms with Crippen molar-refractivity contribution in [3.63, 3.8) is 0 Å². The lowest BCUT2D eigenvalue weighted by molar-refractivity contribution is 0.582. The van der Waals surface area contributed by atoms with Crippen LogP contribution in [0.3, 0.4) is 0 Å². The number of aryl methyl sites for hydroxylation is 1. The molecule has 0 amide bonds. The molecule has 8 heteroatoms. The van der Waals surface area contributed by atoms with Crippen molar-refractivity contribution in [2.24, 2.45) is 0 Å². The van der Waals surface area contributed by atoms with Gasteiger partial charge in [-0.05, 0) is 40.9 Å². The molecular weight excluding hydrogens is 339 g/mol. The Kier molecular flexibility index (Phi) is 4.61. The van der Waals surface area contributed by atoms with Crippen LogP contribution >= 0.6 is 34.5 Å². The highest BCUT2D eigenvalue weighted by molar-refractivity contribution is 7.89. The van der Waals surface area contributed by atoms with Gasteiger partial charge in [0.1, 0.15) is 4.90 Å². The van der Waals surface area contributed by atoms with E-state index in [1.54, 1.807) is 0 Å². The van der Waals surface area contributed by atoms with E-state index in [0.29, 0.717) is 5.02 Å². The molecule has 0 unspecified atom stereocenters. The standard InChI is InChI=1S/C12H12Cl2N2O2S2/c1-7-5-19-6-8(7)4-16-20(17,18)12-10(14)2-9(13)3-11(12)15/h2-3,5-6,16H,4,15H2,1H3. The van der Waals surface area contributed by atoms with Crippen molar-refractivity contribution in [2.75, 3.05) is 5.73 Å². The molecule has 0 aliphatic rings. The molecule has 2 aromatic rings. The van der Waals surface area contributed by atoms with Crippen molar-refractivity contribution in [3.05, 3.63) is 44.1 Å². The van der Waals surface area contributed by atoms with Gasteiger partial charge in [-0.25, -0.2) is 13.1 Å². The first-order valence-electron chi connectivity index (χ1n) is 5.57. The minimum atomic E-state index is -3.79. The van der Waals surface area contributed by atoms with E-state index in [9.17, 15) is 8.42 Å². The Morgan fingerprint density at radius 1 is 1.30 bits per heavy atom. The lowest BCUT2D eigenvalue weighted by Crippen LogP contribution is -2.24. The normalized spacial score (nSPS) is 11.8. The highest BCUT2D eigenvalue weighted by atomic mass is 35.5. The topological polar surface area (TPSA) is 72.2 Å². The Labute approximate surface area is 131 Å². The third kappa shape index (κ3) is 3.27. The molecule has 4 nitrogen and oxygen atoms in total. The fourth-order valence-electron chi connectivity index (χ4n) is 1.68. The van der Waals surface area contributed by atoms with E-state index >= 15 is 0 Å². The zero-order valence-corrected chi connectivity index (χ0v) is 13.6. The van der Waals surface area contributed by atoms with Gasteiger partial charge in [0.25, 0.3) is 0 Å². The summed E-state index contributed by atoms with van der Waals surface area (Å²) in [7, 11) is -3.79. The zero-order valence-electron chi connectivity index (χ0n) is 10.5. The van der Waals surface area contributed by atoms with E-state index in [1.165, 1.54) is 23.5 Å². The Morgan fingerprint density at radius 2 is 2.00 bits per heavy atom. The van der Waals surface area contributed by atoms with Crippen LogP contribution in [0.2, 0.25) is 10.0 Å². The van der Waals surface area contributed by atoms with Crippen molar-refractivity contribution in [2.45, 2.75) is 18.4 Å². The second-order valence-electron chi connectivity index (χ2n) is 4.21. The molecule has 1 heterocycles. The highest BCUT2D eigenvalue weighted by Crippen LogP contribution is 2.31. The molecule has 1 aromatic heterocycles. The first kappa shape index (κ1) is 15.6. The van der Waals surface area contributed by atoms with Gasteiger partial charge in [-0.2, -0.15) is 11.3 Å². The summed E-state index contributed by atoms with van der Waals surface area (Å²) in [6.07, 6.45) is 0.